The van der Waals surface area contributed by atoms with Crippen molar-refractivity contribution in [3.05, 3.63) is 59.4 Å². The normalized spacial score (nSPS) is 15.2. The molecule has 3 rings (SSSR count). The van der Waals surface area contributed by atoms with Crippen molar-refractivity contribution in [2.75, 3.05) is 17.2 Å². The summed E-state index contributed by atoms with van der Waals surface area (Å²) in [6.45, 7) is 0.149. The van der Waals surface area contributed by atoms with Crippen LogP contribution in [0.5, 0.6) is 0 Å². The van der Waals surface area contributed by atoms with Gasteiger partial charge in [0, 0.05) is 28.3 Å². The van der Waals surface area contributed by atoms with E-state index in [1.165, 1.54) is 17.0 Å². The smallest absolute Gasteiger partial charge is 0.369 e. The van der Waals surface area contributed by atoms with Gasteiger partial charge in [-0.1, -0.05) is 6.07 Å². The highest BCUT2D eigenvalue weighted by Crippen LogP contribution is 2.51. The van der Waals surface area contributed by atoms with Crippen molar-refractivity contribution in [2.24, 2.45) is 0 Å². The van der Waals surface area contributed by atoms with Gasteiger partial charge in [0.2, 0.25) is 0 Å². The van der Waals surface area contributed by atoms with E-state index in [4.69, 9.17) is 0 Å². The fourth-order valence-corrected chi connectivity index (χ4v) is 3.92. The summed E-state index contributed by atoms with van der Waals surface area (Å²) in [7, 11) is 0. The van der Waals surface area contributed by atoms with Crippen molar-refractivity contribution < 1.29 is 40.6 Å². The van der Waals surface area contributed by atoms with Crippen LogP contribution in [-0.4, -0.2) is 35.7 Å². The predicted molar refractivity (Wildman–Crippen MR) is 91.2 cm³/mol. The molecule has 0 aliphatic carbocycles. The Morgan fingerprint density at radius 1 is 0.966 bits per heavy atom. The lowest BCUT2D eigenvalue weighted by atomic mass is 9.92. The Kier molecular flexibility index (Phi) is 5.33. The summed E-state index contributed by atoms with van der Waals surface area (Å²) in [5.41, 5.74) is -6.22. The number of carbonyl (C=O) groups is 1. The van der Waals surface area contributed by atoms with E-state index in [0.717, 1.165) is 30.0 Å². The molecule has 1 heterocycles. The number of benzene rings is 2. The fraction of sp³-hybridized carbons (Fsp3) is 0.278. The Labute approximate surface area is 164 Å². The minimum absolute atomic E-state index is 0.0175. The number of alkyl halides is 6. The van der Waals surface area contributed by atoms with E-state index >= 15 is 0 Å². The van der Waals surface area contributed by atoms with Gasteiger partial charge >= 0.3 is 12.4 Å². The largest absolute Gasteiger partial charge is 0.430 e. The molecule has 1 N–H and O–H groups in total. The molecule has 156 valence electrons. The highest BCUT2D eigenvalue weighted by atomic mass is 32.2. The van der Waals surface area contributed by atoms with Gasteiger partial charge in [-0.25, -0.2) is 4.39 Å². The van der Waals surface area contributed by atoms with Crippen LogP contribution in [0.4, 0.5) is 36.4 Å². The monoisotopic (exact) mass is 439 g/mol. The predicted octanol–water partition coefficient (Wildman–Crippen LogP) is 4.89. The van der Waals surface area contributed by atoms with Gasteiger partial charge in [0.05, 0.1) is 5.69 Å². The van der Waals surface area contributed by atoms with Gasteiger partial charge in [0.25, 0.3) is 11.5 Å². The first-order chi connectivity index (χ1) is 13.4. The molecule has 0 radical (unpaired) electrons. The first-order valence-corrected chi connectivity index (χ1v) is 9.05. The maximum Gasteiger partial charge on any atom is 0.430 e. The third-order valence-corrected chi connectivity index (χ3v) is 5.42. The summed E-state index contributed by atoms with van der Waals surface area (Å²) >= 11 is 0.959. The molecule has 0 unspecified atom stereocenters. The summed E-state index contributed by atoms with van der Waals surface area (Å²) in [6, 6.07) is 6.58. The third-order valence-electron chi connectivity index (χ3n) is 4.40. The summed E-state index contributed by atoms with van der Waals surface area (Å²) in [5.74, 6) is -0.944. The van der Waals surface area contributed by atoms with Crippen LogP contribution in [0.1, 0.15) is 15.9 Å². The number of rotatable bonds is 2. The van der Waals surface area contributed by atoms with Crippen LogP contribution in [0.15, 0.2) is 47.4 Å². The van der Waals surface area contributed by atoms with Crippen LogP contribution >= 0.6 is 11.8 Å². The first-order valence-electron chi connectivity index (χ1n) is 8.07. The number of thioether (sulfide) groups is 1. The highest BCUT2D eigenvalue weighted by Gasteiger charge is 2.71. The molecule has 1 amide bonds. The molecule has 2 aromatic carbocycles. The first kappa shape index (κ1) is 21.4. The van der Waals surface area contributed by atoms with Crippen LogP contribution in [-0.2, 0) is 5.60 Å². The summed E-state index contributed by atoms with van der Waals surface area (Å²) in [4.78, 5) is 13.8. The number of carbonyl (C=O) groups excluding carboxylic acids is 1. The molecular formula is C18H12F7NO2S. The van der Waals surface area contributed by atoms with Gasteiger partial charge in [-0.2, -0.15) is 26.3 Å². The van der Waals surface area contributed by atoms with Crippen molar-refractivity contribution in [1.29, 1.82) is 0 Å². The molecule has 0 fully saturated rings. The van der Waals surface area contributed by atoms with E-state index in [2.05, 4.69) is 0 Å². The van der Waals surface area contributed by atoms with Crippen LogP contribution in [0.2, 0.25) is 0 Å². The second-order valence-corrected chi connectivity index (χ2v) is 7.34. The molecule has 1 aliphatic rings. The molecule has 0 aromatic heterocycles. The van der Waals surface area contributed by atoms with E-state index < -0.39 is 35.2 Å². The Balaban J connectivity index is 2.03. The van der Waals surface area contributed by atoms with Crippen molar-refractivity contribution >= 4 is 23.4 Å². The van der Waals surface area contributed by atoms with E-state index in [-0.39, 0.29) is 28.4 Å². The number of nitrogens with zero attached hydrogens (tertiary/aromatic N) is 1. The average Bonchev–Trinajstić information content (AvgIpc) is 2.64. The second-order valence-electron chi connectivity index (χ2n) is 6.20. The number of aliphatic hydroxyl groups is 1. The van der Waals surface area contributed by atoms with Gasteiger partial charge in [0.15, 0.2) is 0 Å². The number of halogens is 7. The number of hydrogen-bond acceptors (Lipinski definition) is 3. The van der Waals surface area contributed by atoms with E-state index in [9.17, 15) is 40.6 Å². The van der Waals surface area contributed by atoms with E-state index in [0.29, 0.717) is 12.1 Å². The van der Waals surface area contributed by atoms with Crippen molar-refractivity contribution in [3.63, 3.8) is 0 Å². The standard InChI is InChI=1S/C18H12F7NO2S/c19-12-4-1-10(2-5-12)15(27)26-7-8-29-14-9-11(3-6-13(14)26)16(28,17(20,21)22)18(23,24)25/h1-6,9,28H,7-8H2. The molecular weight excluding hydrogens is 427 g/mol. The zero-order valence-electron chi connectivity index (χ0n) is 14.3. The quantitative estimate of drug-likeness (QED) is 0.678. The topological polar surface area (TPSA) is 40.5 Å². The number of amides is 1. The number of anilines is 1. The molecule has 29 heavy (non-hydrogen) atoms. The third kappa shape index (κ3) is 3.68. The molecule has 0 atom stereocenters. The lowest BCUT2D eigenvalue weighted by Gasteiger charge is -2.34. The average molecular weight is 439 g/mol. The van der Waals surface area contributed by atoms with E-state index in [1.807, 2.05) is 0 Å². The molecule has 0 bridgehead atoms. The Morgan fingerprint density at radius 2 is 1.55 bits per heavy atom. The summed E-state index contributed by atoms with van der Waals surface area (Å²) in [5, 5.41) is 9.56. The molecule has 1 aliphatic heterocycles. The molecule has 0 spiro atoms. The Hall–Kier alpha value is -2.27. The van der Waals surface area contributed by atoms with Crippen LogP contribution < -0.4 is 4.90 Å². The number of hydrogen-bond donors (Lipinski definition) is 1. The SMILES string of the molecule is O=C(c1ccc(F)cc1)N1CCSc2cc(C(O)(C(F)(F)F)C(F)(F)F)ccc21. The lowest BCUT2D eigenvalue weighted by Crippen LogP contribution is -2.54. The maximum absolute atomic E-state index is 13.1. The molecule has 0 saturated carbocycles. The molecule has 2 aromatic rings. The maximum atomic E-state index is 13.1. The van der Waals surface area contributed by atoms with Crippen LogP contribution in [0.25, 0.3) is 0 Å². The van der Waals surface area contributed by atoms with Gasteiger partial charge in [-0.15, -0.1) is 11.8 Å². The van der Waals surface area contributed by atoms with E-state index in [1.54, 1.807) is 0 Å². The zero-order valence-corrected chi connectivity index (χ0v) is 15.1. The van der Waals surface area contributed by atoms with Crippen molar-refractivity contribution in [2.45, 2.75) is 22.8 Å². The van der Waals surface area contributed by atoms with Crippen LogP contribution in [0.3, 0.4) is 0 Å². The summed E-state index contributed by atoms with van der Waals surface area (Å²) < 4.78 is 91.7. The Morgan fingerprint density at radius 3 is 2.10 bits per heavy atom. The molecule has 0 saturated heterocycles. The zero-order chi connectivity index (χ0) is 21.6. The van der Waals surface area contributed by atoms with Gasteiger partial charge in [-0.3, -0.25) is 4.79 Å². The minimum Gasteiger partial charge on any atom is -0.369 e. The molecule has 11 heteroatoms. The number of fused-ring (bicyclic) bond motifs is 1. The van der Waals surface area contributed by atoms with Gasteiger partial charge < -0.3 is 10.0 Å². The van der Waals surface area contributed by atoms with Crippen molar-refractivity contribution in [3.8, 4) is 0 Å². The summed E-state index contributed by atoms with van der Waals surface area (Å²) in [6.07, 6.45) is -12.0. The van der Waals surface area contributed by atoms with Gasteiger partial charge in [0.1, 0.15) is 5.82 Å². The highest BCUT2D eigenvalue weighted by molar-refractivity contribution is 7.99. The second kappa shape index (κ2) is 7.21. The van der Waals surface area contributed by atoms with Crippen LogP contribution in [0, 0.1) is 5.82 Å². The minimum atomic E-state index is -6.00. The Bertz CT molecular complexity index is 911. The van der Waals surface area contributed by atoms with Gasteiger partial charge in [-0.05, 0) is 36.4 Å². The fourth-order valence-electron chi connectivity index (χ4n) is 2.89. The van der Waals surface area contributed by atoms with Crippen molar-refractivity contribution in [1.82, 2.24) is 0 Å². The molecule has 3 nitrogen and oxygen atoms in total. The lowest BCUT2D eigenvalue weighted by molar-refractivity contribution is -0.376.